The Hall–Kier alpha value is -2.52. The minimum Gasteiger partial charge on any atom is -0.550 e. The number of nitrogens with zero attached hydrogens (tertiary/aromatic N) is 1. The number of halogens is 17. The fraction of sp³-hybridized carbons (Fsp3) is 0.692. The summed E-state index contributed by atoms with van der Waals surface area (Å²) in [6.45, 7) is 0.713. The largest absolute Gasteiger partial charge is 0.550 e. The highest BCUT2D eigenvalue weighted by Crippen LogP contribution is 2.64. The van der Waals surface area contributed by atoms with Crippen LogP contribution in [0.25, 0.3) is 0 Å². The zero-order valence-electron chi connectivity index (χ0n) is 24.3. The minimum absolute atomic E-state index is 0.0534. The number of carboxylic acid groups (broad SMARTS) is 1. The molecule has 48 heavy (non-hydrogen) atoms. The highest BCUT2D eigenvalue weighted by molar-refractivity contribution is 8.13. The molecule has 0 aromatic heterocycles. The van der Waals surface area contributed by atoms with Crippen LogP contribution in [0.15, 0.2) is 30.3 Å². The van der Waals surface area contributed by atoms with Crippen LogP contribution in [0.1, 0.15) is 38.2 Å². The van der Waals surface area contributed by atoms with Crippen LogP contribution in [0.4, 0.5) is 74.6 Å². The average Bonchev–Trinajstić information content (AvgIpc) is 2.94. The Morgan fingerprint density at radius 3 is 1.58 bits per heavy atom. The van der Waals surface area contributed by atoms with Crippen molar-refractivity contribution in [3.8, 4) is 0 Å². The Labute approximate surface area is 265 Å². The Bertz CT molecular complexity index is 1240. The molecular weight excluding hydrogens is 729 g/mol. The fourth-order valence-corrected chi connectivity index (χ4v) is 5.19. The van der Waals surface area contributed by atoms with Crippen molar-refractivity contribution in [3.63, 3.8) is 0 Å². The molecule has 1 rings (SSSR count). The minimum atomic E-state index is -8.71. The molecule has 1 unspecified atom stereocenters. The van der Waals surface area contributed by atoms with Gasteiger partial charge in [-0.15, -0.1) is 0 Å². The lowest BCUT2D eigenvalue weighted by molar-refractivity contribution is -0.933. The molecule has 0 bridgehead atoms. The molecule has 0 aliphatic heterocycles. The Morgan fingerprint density at radius 2 is 1.15 bits per heavy atom. The molecule has 1 aromatic carbocycles. The lowest BCUT2D eigenvalue weighted by atomic mass is 9.88. The Morgan fingerprint density at radius 1 is 0.688 bits per heavy atom. The standard InChI is InChI=1S/C26H26F17NO3S/c1-2-3-11-44(12-9-17(45)46,14-16-7-5-4-6-8-16)15-18(47)48-13-10-19(27,28)20(29,30)21(31,32)22(33,34)23(35,36)24(37,38)25(39,40)26(41,42)43/h4-8H,2-3,9-15H2,1H3. The maximum Gasteiger partial charge on any atom is 0.460 e. The van der Waals surface area contributed by atoms with Crippen molar-refractivity contribution in [2.45, 2.75) is 86.8 Å². The van der Waals surface area contributed by atoms with Crippen LogP contribution in [0.2, 0.25) is 0 Å². The number of aliphatic carboxylic acids is 1. The van der Waals surface area contributed by atoms with Gasteiger partial charge in [-0.1, -0.05) is 55.4 Å². The molecular formula is C26H26F17NO3S. The molecule has 22 heteroatoms. The highest BCUT2D eigenvalue weighted by Gasteiger charge is 2.95. The first-order chi connectivity index (χ1) is 21.4. The van der Waals surface area contributed by atoms with E-state index in [1.54, 1.807) is 37.3 Å². The first kappa shape index (κ1) is 43.5. The van der Waals surface area contributed by atoms with Crippen LogP contribution in [0.5, 0.6) is 0 Å². The van der Waals surface area contributed by atoms with Crippen LogP contribution in [0.3, 0.4) is 0 Å². The quantitative estimate of drug-likeness (QED) is 0.108. The molecule has 0 radical (unpaired) electrons. The Balaban J connectivity index is 3.29. The first-order valence-electron chi connectivity index (χ1n) is 13.4. The van der Waals surface area contributed by atoms with E-state index in [9.17, 15) is 89.3 Å². The summed E-state index contributed by atoms with van der Waals surface area (Å²) in [7, 11) is 0. The second-order valence-corrected chi connectivity index (χ2v) is 11.8. The number of hydrogen-bond acceptors (Lipinski definition) is 4. The summed E-state index contributed by atoms with van der Waals surface area (Å²) in [4.78, 5) is 23.8. The zero-order chi connectivity index (χ0) is 37.8. The number of alkyl halides is 17. The highest BCUT2D eigenvalue weighted by atomic mass is 32.2. The third kappa shape index (κ3) is 8.43. The number of carboxylic acids is 1. The molecule has 0 N–H and O–H groups in total. The lowest BCUT2D eigenvalue weighted by Gasteiger charge is -2.42. The molecule has 4 nitrogen and oxygen atoms in total. The average molecular weight is 756 g/mol. The second-order valence-electron chi connectivity index (χ2n) is 10.7. The predicted molar refractivity (Wildman–Crippen MR) is 132 cm³/mol. The van der Waals surface area contributed by atoms with Crippen molar-refractivity contribution in [3.05, 3.63) is 35.9 Å². The number of quaternary nitrogens is 1. The maximum absolute atomic E-state index is 14.3. The molecule has 0 amide bonds. The smallest absolute Gasteiger partial charge is 0.460 e. The van der Waals surface area contributed by atoms with Gasteiger partial charge < -0.3 is 14.4 Å². The van der Waals surface area contributed by atoms with E-state index in [4.69, 9.17) is 0 Å². The molecule has 1 atom stereocenters. The predicted octanol–water partition coefficient (Wildman–Crippen LogP) is 7.60. The van der Waals surface area contributed by atoms with Gasteiger partial charge in [0.05, 0.1) is 13.1 Å². The second kappa shape index (κ2) is 14.8. The third-order valence-corrected chi connectivity index (χ3v) is 7.93. The summed E-state index contributed by atoms with van der Waals surface area (Å²) in [6.07, 6.45) is -10.4. The van der Waals surface area contributed by atoms with Gasteiger partial charge in [0.15, 0.2) is 0 Å². The maximum atomic E-state index is 14.3. The normalized spacial score (nSPS) is 15.7. The van der Waals surface area contributed by atoms with Crippen molar-refractivity contribution < 1.29 is 93.8 Å². The van der Waals surface area contributed by atoms with Gasteiger partial charge in [-0.25, -0.2) is 0 Å². The number of unbranched alkanes of at least 4 members (excludes halogenated alkanes) is 1. The third-order valence-electron chi connectivity index (χ3n) is 7.07. The number of carbonyl (C=O) groups is 2. The van der Waals surface area contributed by atoms with E-state index in [-0.39, 0.29) is 35.9 Å². The van der Waals surface area contributed by atoms with Crippen molar-refractivity contribution in [1.29, 1.82) is 0 Å². The summed E-state index contributed by atoms with van der Waals surface area (Å²) in [5, 5.41) is 9.97. The summed E-state index contributed by atoms with van der Waals surface area (Å²) in [6, 6.07) is 7.88. The summed E-state index contributed by atoms with van der Waals surface area (Å²) in [5.41, 5.74) is 0.537. The van der Waals surface area contributed by atoms with Crippen LogP contribution in [-0.4, -0.2) is 88.6 Å². The van der Waals surface area contributed by atoms with E-state index in [2.05, 4.69) is 0 Å². The van der Waals surface area contributed by atoms with Gasteiger partial charge in [-0.2, -0.15) is 74.6 Å². The summed E-state index contributed by atoms with van der Waals surface area (Å²) < 4.78 is 229. The molecule has 0 saturated heterocycles. The van der Waals surface area contributed by atoms with Gasteiger partial charge in [0, 0.05) is 30.1 Å². The van der Waals surface area contributed by atoms with Crippen LogP contribution in [0, 0.1) is 0 Å². The fourth-order valence-electron chi connectivity index (χ4n) is 4.24. The molecule has 0 aliphatic rings. The molecule has 0 spiro atoms. The van der Waals surface area contributed by atoms with Crippen LogP contribution >= 0.6 is 11.8 Å². The van der Waals surface area contributed by atoms with E-state index < -0.39 is 83.9 Å². The molecule has 0 fully saturated rings. The number of rotatable bonds is 19. The van der Waals surface area contributed by atoms with E-state index >= 15 is 0 Å². The lowest BCUT2D eigenvalue weighted by Crippen LogP contribution is -2.74. The van der Waals surface area contributed by atoms with Crippen molar-refractivity contribution >= 4 is 22.8 Å². The summed E-state index contributed by atoms with van der Waals surface area (Å²) in [5.74, 6) is -60.2. The summed E-state index contributed by atoms with van der Waals surface area (Å²) >= 11 is -0.297. The Kier molecular flexibility index (Phi) is 13.4. The van der Waals surface area contributed by atoms with E-state index in [0.717, 1.165) is 0 Å². The topological polar surface area (TPSA) is 57.2 Å². The SMILES string of the molecule is CCCC[N+](CCC(=O)[O-])(CC(=O)SCCC(F)(F)C(F)(F)C(F)(F)C(F)(F)C(F)(F)C(F)(F)C(F)(F)C(F)(F)F)Cc1ccccc1. The molecule has 278 valence electrons. The van der Waals surface area contributed by atoms with Crippen molar-refractivity contribution in [2.24, 2.45) is 0 Å². The number of hydrogen-bond donors (Lipinski definition) is 0. The number of carbonyl (C=O) groups excluding carboxylic acids is 2. The molecule has 0 saturated carbocycles. The van der Waals surface area contributed by atoms with Crippen molar-refractivity contribution in [1.82, 2.24) is 0 Å². The number of thioether (sulfide) groups is 1. The monoisotopic (exact) mass is 755 g/mol. The molecule has 0 aliphatic carbocycles. The van der Waals surface area contributed by atoms with Crippen LogP contribution < -0.4 is 5.11 Å². The molecule has 0 heterocycles. The van der Waals surface area contributed by atoms with Gasteiger partial charge in [0.25, 0.3) is 0 Å². The zero-order valence-corrected chi connectivity index (χ0v) is 25.1. The van der Waals surface area contributed by atoms with Gasteiger partial charge >= 0.3 is 47.6 Å². The van der Waals surface area contributed by atoms with E-state index in [0.29, 0.717) is 18.4 Å². The van der Waals surface area contributed by atoms with Crippen LogP contribution in [-0.2, 0) is 16.1 Å². The van der Waals surface area contributed by atoms with E-state index in [1.165, 1.54) is 0 Å². The van der Waals surface area contributed by atoms with Gasteiger partial charge in [0.1, 0.15) is 13.1 Å². The number of benzene rings is 1. The van der Waals surface area contributed by atoms with E-state index in [1.807, 2.05) is 0 Å². The van der Waals surface area contributed by atoms with Gasteiger partial charge in [-0.05, 0) is 6.42 Å². The molecule has 1 aromatic rings. The van der Waals surface area contributed by atoms with Crippen molar-refractivity contribution in [2.75, 3.05) is 25.4 Å². The van der Waals surface area contributed by atoms with Gasteiger partial charge in [-0.3, -0.25) is 4.79 Å². The first-order valence-corrected chi connectivity index (χ1v) is 14.4. The van der Waals surface area contributed by atoms with Gasteiger partial charge in [0.2, 0.25) is 5.12 Å².